The minimum absolute atomic E-state index is 0.0140. The molecule has 1 aromatic carbocycles. The molecule has 1 aromatic heterocycles. The van der Waals surface area contributed by atoms with Crippen molar-refractivity contribution in [3.05, 3.63) is 59.5 Å². The van der Waals surface area contributed by atoms with Gasteiger partial charge in [0.2, 0.25) is 5.91 Å². The van der Waals surface area contributed by atoms with Crippen LogP contribution in [0.25, 0.3) is 0 Å². The molecule has 0 aliphatic heterocycles. The summed E-state index contributed by atoms with van der Waals surface area (Å²) in [5.41, 5.74) is 1.73. The molecule has 2 aromatic rings. The topological polar surface area (TPSA) is 74.6 Å². The second-order valence-electron chi connectivity index (χ2n) is 8.36. The van der Waals surface area contributed by atoms with E-state index < -0.39 is 0 Å². The van der Waals surface area contributed by atoms with E-state index in [4.69, 9.17) is 4.42 Å². The fourth-order valence-electron chi connectivity index (χ4n) is 3.52. The molecular weight excluding hydrogens is 366 g/mol. The van der Waals surface area contributed by atoms with E-state index in [0.717, 1.165) is 24.2 Å². The van der Waals surface area contributed by atoms with Gasteiger partial charge < -0.3 is 15.1 Å². The van der Waals surface area contributed by atoms with Crippen molar-refractivity contribution in [1.29, 1.82) is 0 Å². The molecule has 6 nitrogen and oxygen atoms in total. The highest BCUT2D eigenvalue weighted by molar-refractivity contribution is 5.94. The van der Waals surface area contributed by atoms with Crippen LogP contribution in [-0.4, -0.2) is 35.3 Å². The van der Waals surface area contributed by atoms with Crippen LogP contribution < -0.4 is 10.6 Å². The van der Waals surface area contributed by atoms with Gasteiger partial charge in [0, 0.05) is 24.2 Å². The smallest absolute Gasteiger partial charge is 0.251 e. The molecule has 0 bridgehead atoms. The van der Waals surface area contributed by atoms with Crippen LogP contribution in [0, 0.1) is 5.92 Å². The lowest BCUT2D eigenvalue weighted by atomic mass is 10.1. The van der Waals surface area contributed by atoms with E-state index >= 15 is 0 Å². The van der Waals surface area contributed by atoms with Crippen molar-refractivity contribution in [3.63, 3.8) is 0 Å². The van der Waals surface area contributed by atoms with Gasteiger partial charge in [0.1, 0.15) is 5.76 Å². The number of nitrogens with zero attached hydrogens (tertiary/aromatic N) is 1. The van der Waals surface area contributed by atoms with E-state index in [1.807, 2.05) is 36.4 Å². The van der Waals surface area contributed by atoms with Gasteiger partial charge in [-0.1, -0.05) is 12.1 Å². The number of amides is 2. The molecule has 2 saturated carbocycles. The number of furan rings is 1. The Morgan fingerprint density at radius 3 is 2.48 bits per heavy atom. The van der Waals surface area contributed by atoms with Crippen molar-refractivity contribution in [1.82, 2.24) is 15.5 Å². The van der Waals surface area contributed by atoms with Gasteiger partial charge in [0.25, 0.3) is 5.91 Å². The minimum Gasteiger partial charge on any atom is -0.468 e. The highest BCUT2D eigenvalue weighted by atomic mass is 16.3. The van der Waals surface area contributed by atoms with Crippen LogP contribution >= 0.6 is 0 Å². The normalized spacial score (nSPS) is 17.2. The second-order valence-corrected chi connectivity index (χ2v) is 8.36. The molecule has 2 amide bonds. The molecule has 1 unspecified atom stereocenters. The Labute approximate surface area is 171 Å². The molecule has 29 heavy (non-hydrogen) atoms. The standard InChI is InChI=1S/C23H29N3O3/c1-16(18-8-9-18)24-22(27)15-26(14-21-3-2-12-29-21)13-17-4-6-19(7-5-17)23(28)25-20-10-11-20/h2-7,12,16,18,20H,8-11,13-15H2,1H3,(H,24,27)(H,25,28). The lowest BCUT2D eigenvalue weighted by Crippen LogP contribution is -2.41. The van der Waals surface area contributed by atoms with Gasteiger partial charge in [0.15, 0.2) is 0 Å². The largest absolute Gasteiger partial charge is 0.468 e. The van der Waals surface area contributed by atoms with Gasteiger partial charge in [-0.25, -0.2) is 0 Å². The molecule has 2 N–H and O–H groups in total. The molecular formula is C23H29N3O3. The number of hydrogen-bond acceptors (Lipinski definition) is 4. The van der Waals surface area contributed by atoms with Gasteiger partial charge >= 0.3 is 0 Å². The maximum atomic E-state index is 12.5. The van der Waals surface area contributed by atoms with Crippen LogP contribution in [0.2, 0.25) is 0 Å². The summed E-state index contributed by atoms with van der Waals surface area (Å²) in [7, 11) is 0. The van der Waals surface area contributed by atoms with Gasteiger partial charge in [-0.3, -0.25) is 14.5 Å². The Morgan fingerprint density at radius 2 is 1.86 bits per heavy atom. The van der Waals surface area contributed by atoms with Crippen molar-refractivity contribution in [2.24, 2.45) is 5.92 Å². The molecule has 4 rings (SSSR count). The predicted molar refractivity (Wildman–Crippen MR) is 110 cm³/mol. The van der Waals surface area contributed by atoms with Gasteiger partial charge in [-0.2, -0.15) is 0 Å². The zero-order valence-electron chi connectivity index (χ0n) is 16.9. The Morgan fingerprint density at radius 1 is 1.10 bits per heavy atom. The van der Waals surface area contributed by atoms with Crippen LogP contribution in [0.5, 0.6) is 0 Å². The number of rotatable bonds is 10. The highest BCUT2D eigenvalue weighted by Gasteiger charge is 2.29. The molecule has 0 spiro atoms. The Balaban J connectivity index is 1.37. The van der Waals surface area contributed by atoms with E-state index in [0.29, 0.717) is 37.2 Å². The van der Waals surface area contributed by atoms with E-state index in [-0.39, 0.29) is 17.9 Å². The van der Waals surface area contributed by atoms with E-state index in [1.165, 1.54) is 12.8 Å². The maximum Gasteiger partial charge on any atom is 0.251 e. The number of nitrogens with one attached hydrogen (secondary N) is 2. The van der Waals surface area contributed by atoms with Crippen LogP contribution in [0.4, 0.5) is 0 Å². The fraction of sp³-hybridized carbons (Fsp3) is 0.478. The molecule has 0 saturated heterocycles. The first kappa shape index (κ1) is 19.7. The fourth-order valence-corrected chi connectivity index (χ4v) is 3.52. The number of hydrogen-bond donors (Lipinski definition) is 2. The summed E-state index contributed by atoms with van der Waals surface area (Å²) in [6.45, 7) is 3.55. The van der Waals surface area contributed by atoms with E-state index in [2.05, 4.69) is 22.5 Å². The van der Waals surface area contributed by atoms with Crippen LogP contribution in [0.3, 0.4) is 0 Å². The van der Waals surface area contributed by atoms with E-state index in [1.54, 1.807) is 6.26 Å². The van der Waals surface area contributed by atoms with Crippen molar-refractivity contribution in [3.8, 4) is 0 Å². The van der Waals surface area contributed by atoms with Gasteiger partial charge in [-0.15, -0.1) is 0 Å². The number of carbonyl (C=O) groups is 2. The van der Waals surface area contributed by atoms with Gasteiger partial charge in [-0.05, 0) is 68.4 Å². The SMILES string of the molecule is CC(NC(=O)CN(Cc1ccc(C(=O)NC2CC2)cc1)Cc1ccco1)C1CC1. The van der Waals surface area contributed by atoms with Crippen molar-refractivity contribution in [2.75, 3.05) is 6.54 Å². The summed E-state index contributed by atoms with van der Waals surface area (Å²) in [5, 5.41) is 6.13. The van der Waals surface area contributed by atoms with Crippen molar-refractivity contribution in [2.45, 2.75) is 57.8 Å². The highest BCUT2D eigenvalue weighted by Crippen LogP contribution is 2.32. The van der Waals surface area contributed by atoms with Crippen LogP contribution in [0.15, 0.2) is 47.1 Å². The molecule has 154 valence electrons. The maximum absolute atomic E-state index is 12.5. The average molecular weight is 396 g/mol. The Kier molecular flexibility index (Phi) is 6.00. The zero-order valence-corrected chi connectivity index (χ0v) is 16.9. The third-order valence-electron chi connectivity index (χ3n) is 5.58. The average Bonchev–Trinajstić information content (AvgIpc) is 3.62. The summed E-state index contributed by atoms with van der Waals surface area (Å²) < 4.78 is 5.48. The third-order valence-corrected chi connectivity index (χ3v) is 5.58. The van der Waals surface area contributed by atoms with Crippen LogP contribution in [-0.2, 0) is 17.9 Å². The first-order chi connectivity index (χ1) is 14.1. The third kappa shape index (κ3) is 5.94. The van der Waals surface area contributed by atoms with E-state index in [9.17, 15) is 9.59 Å². The monoisotopic (exact) mass is 395 g/mol. The molecule has 6 heteroatoms. The summed E-state index contributed by atoms with van der Waals surface area (Å²) in [4.78, 5) is 26.8. The summed E-state index contributed by atoms with van der Waals surface area (Å²) in [6.07, 6.45) is 6.21. The first-order valence-corrected chi connectivity index (χ1v) is 10.5. The molecule has 0 radical (unpaired) electrons. The zero-order chi connectivity index (χ0) is 20.2. The quantitative estimate of drug-likeness (QED) is 0.648. The summed E-state index contributed by atoms with van der Waals surface area (Å²) in [5.74, 6) is 1.48. The predicted octanol–water partition coefficient (Wildman–Crippen LogP) is 3.09. The molecule has 2 aliphatic carbocycles. The minimum atomic E-state index is -0.0140. The van der Waals surface area contributed by atoms with Crippen molar-refractivity contribution >= 4 is 11.8 Å². The van der Waals surface area contributed by atoms with Gasteiger partial charge in [0.05, 0.1) is 19.4 Å². The lowest BCUT2D eigenvalue weighted by Gasteiger charge is -2.22. The molecule has 1 heterocycles. The number of carbonyl (C=O) groups excluding carboxylic acids is 2. The van der Waals surface area contributed by atoms with Crippen LogP contribution in [0.1, 0.15) is 54.3 Å². The number of benzene rings is 1. The van der Waals surface area contributed by atoms with Crippen molar-refractivity contribution < 1.29 is 14.0 Å². The second kappa shape index (κ2) is 8.82. The first-order valence-electron chi connectivity index (χ1n) is 10.5. The molecule has 2 aliphatic rings. The molecule has 2 fully saturated rings. The lowest BCUT2D eigenvalue weighted by molar-refractivity contribution is -0.123. The molecule has 1 atom stereocenters. The summed E-state index contributed by atoms with van der Waals surface area (Å²) in [6, 6.07) is 12.0. The summed E-state index contributed by atoms with van der Waals surface area (Å²) >= 11 is 0. The Hall–Kier alpha value is -2.60. The Bertz CT molecular complexity index is 824.